The topological polar surface area (TPSA) is 84.7 Å². The highest BCUT2D eigenvalue weighted by atomic mass is 35.5. The lowest BCUT2D eigenvalue weighted by molar-refractivity contribution is 0.0942. The summed E-state index contributed by atoms with van der Waals surface area (Å²) in [6, 6.07) is 3.61. The Kier molecular flexibility index (Phi) is 7.43. The van der Waals surface area contributed by atoms with Crippen LogP contribution in [-0.2, 0) is 7.05 Å². The third-order valence-corrected chi connectivity index (χ3v) is 5.16. The van der Waals surface area contributed by atoms with Gasteiger partial charge in [-0.25, -0.2) is 4.98 Å². The zero-order chi connectivity index (χ0) is 17.8. The van der Waals surface area contributed by atoms with Crippen molar-refractivity contribution in [1.82, 2.24) is 30.4 Å². The Hall–Kier alpha value is -1.64. The van der Waals surface area contributed by atoms with Crippen molar-refractivity contribution in [2.75, 3.05) is 13.1 Å². The Balaban J connectivity index is 0.00000243. The Morgan fingerprint density at radius 3 is 2.77 bits per heavy atom. The van der Waals surface area contributed by atoms with Crippen LogP contribution in [0.4, 0.5) is 0 Å². The van der Waals surface area contributed by atoms with Crippen LogP contribution in [0.25, 0.3) is 0 Å². The van der Waals surface area contributed by atoms with Gasteiger partial charge in [0.1, 0.15) is 10.9 Å². The number of amides is 1. The molecule has 0 aliphatic carbocycles. The summed E-state index contributed by atoms with van der Waals surface area (Å²) in [5.74, 6) is 1.38. The summed E-state index contributed by atoms with van der Waals surface area (Å²) in [7, 11) is 2.00. The smallest absolute Gasteiger partial charge is 0.251 e. The molecule has 1 aliphatic heterocycles. The van der Waals surface area contributed by atoms with Gasteiger partial charge in [0.25, 0.3) is 5.91 Å². The minimum atomic E-state index is -0.0902. The van der Waals surface area contributed by atoms with E-state index in [-0.39, 0.29) is 24.4 Å². The average molecular weight is 397 g/mol. The summed E-state index contributed by atoms with van der Waals surface area (Å²) >= 11 is 1.43. The van der Waals surface area contributed by atoms with Gasteiger partial charge in [0.05, 0.1) is 0 Å². The maximum absolute atomic E-state index is 12.2. The van der Waals surface area contributed by atoms with E-state index in [0.717, 1.165) is 41.9 Å². The van der Waals surface area contributed by atoms with Gasteiger partial charge >= 0.3 is 0 Å². The first-order valence-corrected chi connectivity index (χ1v) is 9.41. The maximum atomic E-state index is 12.2. The lowest BCUT2D eigenvalue weighted by atomic mass is 9.97. The van der Waals surface area contributed by atoms with Crippen molar-refractivity contribution in [3.63, 3.8) is 0 Å². The molecule has 7 nitrogen and oxygen atoms in total. The standard InChI is InChI=1S/C17H24N6OS.ClH/c1-11(2)20-16(24)13-6-9-19-14(10-13)25-17-22-21-15(23(17)3)12-4-7-18-8-5-12;/h6,9-12,18H,4-5,7-8H2,1-3H3,(H,20,24);1H. The first kappa shape index (κ1) is 20.7. The first-order valence-electron chi connectivity index (χ1n) is 8.59. The summed E-state index contributed by atoms with van der Waals surface area (Å²) in [4.78, 5) is 16.5. The molecule has 142 valence electrons. The predicted octanol–water partition coefficient (Wildman–Crippen LogP) is 2.39. The Bertz CT molecular complexity index is 745. The molecule has 2 aromatic rings. The molecule has 1 saturated heterocycles. The van der Waals surface area contributed by atoms with E-state index in [2.05, 4.69) is 25.8 Å². The van der Waals surface area contributed by atoms with E-state index in [9.17, 15) is 4.79 Å². The second kappa shape index (κ2) is 9.34. The number of rotatable bonds is 5. The molecule has 0 unspecified atom stereocenters. The number of hydrogen-bond acceptors (Lipinski definition) is 6. The molecule has 3 rings (SSSR count). The molecule has 0 saturated carbocycles. The van der Waals surface area contributed by atoms with Crippen LogP contribution in [0, 0.1) is 0 Å². The fourth-order valence-corrected chi connectivity index (χ4v) is 3.69. The van der Waals surface area contributed by atoms with Crippen molar-refractivity contribution in [3.05, 3.63) is 29.7 Å². The van der Waals surface area contributed by atoms with Gasteiger partial charge in [0.15, 0.2) is 5.16 Å². The molecule has 0 spiro atoms. The molecule has 0 radical (unpaired) electrons. The van der Waals surface area contributed by atoms with Gasteiger partial charge in [-0.2, -0.15) is 0 Å². The molecule has 2 aromatic heterocycles. The number of pyridine rings is 1. The second-order valence-electron chi connectivity index (χ2n) is 6.54. The molecule has 0 bridgehead atoms. The van der Waals surface area contributed by atoms with Gasteiger partial charge in [-0.1, -0.05) is 0 Å². The van der Waals surface area contributed by atoms with E-state index in [4.69, 9.17) is 0 Å². The SMILES string of the molecule is CC(C)NC(=O)c1ccnc(Sc2nnc(C3CCNCC3)n2C)c1.Cl. The highest BCUT2D eigenvalue weighted by Crippen LogP contribution is 2.29. The van der Waals surface area contributed by atoms with E-state index < -0.39 is 0 Å². The summed E-state index contributed by atoms with van der Waals surface area (Å²) in [5, 5.41) is 16.5. The van der Waals surface area contributed by atoms with Crippen molar-refractivity contribution in [2.45, 2.75) is 48.8 Å². The van der Waals surface area contributed by atoms with Crippen LogP contribution in [0.5, 0.6) is 0 Å². The van der Waals surface area contributed by atoms with Gasteiger partial charge in [0, 0.05) is 30.8 Å². The van der Waals surface area contributed by atoms with Crippen LogP contribution < -0.4 is 10.6 Å². The molecule has 26 heavy (non-hydrogen) atoms. The largest absolute Gasteiger partial charge is 0.350 e. The number of nitrogens with zero attached hydrogens (tertiary/aromatic N) is 4. The minimum absolute atomic E-state index is 0. The zero-order valence-corrected chi connectivity index (χ0v) is 16.9. The molecule has 2 N–H and O–H groups in total. The van der Waals surface area contributed by atoms with Crippen LogP contribution in [0.15, 0.2) is 28.5 Å². The van der Waals surface area contributed by atoms with Crippen molar-refractivity contribution < 1.29 is 4.79 Å². The van der Waals surface area contributed by atoms with Crippen LogP contribution >= 0.6 is 24.2 Å². The molecule has 0 aromatic carbocycles. The van der Waals surface area contributed by atoms with Crippen molar-refractivity contribution in [1.29, 1.82) is 0 Å². The molecule has 1 amide bonds. The molecular formula is C17H25ClN6OS. The summed E-state index contributed by atoms with van der Waals surface area (Å²) in [6.45, 7) is 5.93. The maximum Gasteiger partial charge on any atom is 0.251 e. The van der Waals surface area contributed by atoms with Crippen LogP contribution in [0.2, 0.25) is 0 Å². The first-order chi connectivity index (χ1) is 12.0. The number of nitrogens with one attached hydrogen (secondary N) is 2. The number of halogens is 1. The Morgan fingerprint density at radius 2 is 2.08 bits per heavy atom. The lowest BCUT2D eigenvalue weighted by Crippen LogP contribution is -2.30. The van der Waals surface area contributed by atoms with Crippen LogP contribution in [-0.4, -0.2) is 44.8 Å². The number of carbonyl (C=O) groups excluding carboxylic acids is 1. The highest BCUT2D eigenvalue weighted by Gasteiger charge is 2.22. The van der Waals surface area contributed by atoms with Crippen LogP contribution in [0.1, 0.15) is 48.8 Å². The zero-order valence-electron chi connectivity index (χ0n) is 15.2. The number of piperidine rings is 1. The molecule has 1 aliphatic rings. The third-order valence-electron chi connectivity index (χ3n) is 4.19. The lowest BCUT2D eigenvalue weighted by Gasteiger charge is -2.21. The normalized spacial score (nSPS) is 14.9. The van der Waals surface area contributed by atoms with E-state index in [0.29, 0.717) is 11.5 Å². The number of carbonyl (C=O) groups is 1. The number of hydrogen-bond donors (Lipinski definition) is 2. The molecule has 0 atom stereocenters. The van der Waals surface area contributed by atoms with E-state index in [1.54, 1.807) is 18.3 Å². The molecule has 1 fully saturated rings. The molecular weight excluding hydrogens is 372 g/mol. The van der Waals surface area contributed by atoms with Gasteiger partial charge in [-0.3, -0.25) is 4.79 Å². The van der Waals surface area contributed by atoms with Crippen molar-refractivity contribution in [3.8, 4) is 0 Å². The Morgan fingerprint density at radius 1 is 1.35 bits per heavy atom. The van der Waals surface area contributed by atoms with Gasteiger partial charge < -0.3 is 15.2 Å². The van der Waals surface area contributed by atoms with Crippen molar-refractivity contribution >= 4 is 30.1 Å². The monoisotopic (exact) mass is 396 g/mol. The fourth-order valence-electron chi connectivity index (χ4n) is 2.90. The van der Waals surface area contributed by atoms with Crippen LogP contribution in [0.3, 0.4) is 0 Å². The predicted molar refractivity (Wildman–Crippen MR) is 104 cm³/mol. The summed E-state index contributed by atoms with van der Waals surface area (Å²) < 4.78 is 2.04. The fraction of sp³-hybridized carbons (Fsp3) is 0.529. The van der Waals surface area contributed by atoms with Crippen molar-refractivity contribution in [2.24, 2.45) is 7.05 Å². The van der Waals surface area contributed by atoms with E-state index in [1.807, 2.05) is 25.5 Å². The summed E-state index contributed by atoms with van der Waals surface area (Å²) in [6.07, 6.45) is 3.82. The molecule has 9 heteroatoms. The van der Waals surface area contributed by atoms with E-state index in [1.165, 1.54) is 11.8 Å². The third kappa shape index (κ3) is 4.96. The summed E-state index contributed by atoms with van der Waals surface area (Å²) in [5.41, 5.74) is 0.604. The van der Waals surface area contributed by atoms with Gasteiger partial charge in [0.2, 0.25) is 0 Å². The molecule has 3 heterocycles. The minimum Gasteiger partial charge on any atom is -0.350 e. The van der Waals surface area contributed by atoms with E-state index >= 15 is 0 Å². The highest BCUT2D eigenvalue weighted by molar-refractivity contribution is 7.99. The average Bonchev–Trinajstić information content (AvgIpc) is 2.96. The number of aromatic nitrogens is 4. The van der Waals surface area contributed by atoms with Gasteiger partial charge in [-0.15, -0.1) is 22.6 Å². The Labute approximate surface area is 164 Å². The van der Waals surface area contributed by atoms with Gasteiger partial charge in [-0.05, 0) is 63.7 Å². The second-order valence-corrected chi connectivity index (χ2v) is 7.52. The quantitative estimate of drug-likeness (QED) is 0.807.